The van der Waals surface area contributed by atoms with E-state index in [1.165, 1.54) is 11.8 Å². The lowest BCUT2D eigenvalue weighted by Gasteiger charge is -2.13. The minimum atomic E-state index is -0.605. The Balaban J connectivity index is 1.69. The highest BCUT2D eigenvalue weighted by Crippen LogP contribution is 2.31. The number of aromatic nitrogens is 3. The van der Waals surface area contributed by atoms with Crippen molar-refractivity contribution in [3.63, 3.8) is 0 Å². The van der Waals surface area contributed by atoms with Crippen LogP contribution in [0.5, 0.6) is 5.75 Å². The normalized spacial score (nSPS) is 12.0. The van der Waals surface area contributed by atoms with Gasteiger partial charge in [0.15, 0.2) is 11.0 Å². The number of rotatable bonds is 7. The predicted octanol–water partition coefficient (Wildman–Crippen LogP) is 5.42. The molecule has 152 valence electrons. The summed E-state index contributed by atoms with van der Waals surface area (Å²) >= 11 is 7.53. The highest BCUT2D eigenvalue weighted by atomic mass is 35.5. The number of nitrogens with zero attached hydrogens (tertiary/aromatic N) is 3. The van der Waals surface area contributed by atoms with Crippen molar-refractivity contribution in [3.8, 4) is 22.8 Å². The van der Waals surface area contributed by atoms with Crippen LogP contribution >= 0.6 is 23.4 Å². The Morgan fingerprint density at radius 1 is 1.00 bits per heavy atom. The standard InChI is InChI=1S/C23H20ClN3O2S/c1-29-20-9-5-8-17(14-20)22-25-26-23(27(22)19-12-10-18(24)11-13-19)30-15-21(28)16-6-3-2-4-7-16/h2-14,21,28H,15H2,1H3/t21-/m0/s1. The molecule has 4 aromatic rings. The molecule has 3 aromatic carbocycles. The van der Waals surface area contributed by atoms with Crippen molar-refractivity contribution in [2.45, 2.75) is 11.3 Å². The first-order chi connectivity index (χ1) is 14.7. The van der Waals surface area contributed by atoms with Crippen LogP contribution in [0.4, 0.5) is 0 Å². The van der Waals surface area contributed by atoms with E-state index in [0.717, 1.165) is 22.6 Å². The average Bonchev–Trinajstić information content (AvgIpc) is 3.22. The van der Waals surface area contributed by atoms with Crippen LogP contribution in [0.2, 0.25) is 5.02 Å². The summed E-state index contributed by atoms with van der Waals surface area (Å²) < 4.78 is 7.33. The topological polar surface area (TPSA) is 60.2 Å². The SMILES string of the molecule is COc1cccc(-c2nnc(SC[C@H](O)c3ccccc3)n2-c2ccc(Cl)cc2)c1. The lowest BCUT2D eigenvalue weighted by atomic mass is 10.1. The zero-order valence-electron chi connectivity index (χ0n) is 16.3. The minimum Gasteiger partial charge on any atom is -0.497 e. The Hall–Kier alpha value is -2.80. The van der Waals surface area contributed by atoms with Crippen molar-refractivity contribution in [1.29, 1.82) is 0 Å². The summed E-state index contributed by atoms with van der Waals surface area (Å²) in [4.78, 5) is 0. The van der Waals surface area contributed by atoms with Crippen molar-refractivity contribution in [1.82, 2.24) is 14.8 Å². The van der Waals surface area contributed by atoms with Gasteiger partial charge in [-0.3, -0.25) is 4.57 Å². The molecule has 1 heterocycles. The lowest BCUT2D eigenvalue weighted by molar-refractivity contribution is 0.204. The van der Waals surface area contributed by atoms with Gasteiger partial charge in [-0.05, 0) is 42.0 Å². The second-order valence-corrected chi connectivity index (χ2v) is 8.01. The molecule has 4 rings (SSSR count). The first-order valence-electron chi connectivity index (χ1n) is 9.37. The number of halogens is 1. The van der Waals surface area contributed by atoms with Crippen LogP contribution in [0.1, 0.15) is 11.7 Å². The van der Waals surface area contributed by atoms with E-state index in [-0.39, 0.29) is 0 Å². The first kappa shape index (κ1) is 20.5. The maximum Gasteiger partial charge on any atom is 0.196 e. The van der Waals surface area contributed by atoms with E-state index in [4.69, 9.17) is 16.3 Å². The molecule has 0 aliphatic carbocycles. The number of benzene rings is 3. The third-order valence-electron chi connectivity index (χ3n) is 4.60. The molecule has 0 saturated carbocycles. The Kier molecular flexibility index (Phi) is 6.38. The number of methoxy groups -OCH3 is 1. The molecule has 0 aliphatic heterocycles. The summed E-state index contributed by atoms with van der Waals surface area (Å²) in [6.45, 7) is 0. The van der Waals surface area contributed by atoms with Crippen molar-refractivity contribution >= 4 is 23.4 Å². The van der Waals surface area contributed by atoms with Crippen molar-refractivity contribution in [3.05, 3.63) is 89.4 Å². The van der Waals surface area contributed by atoms with Gasteiger partial charge < -0.3 is 9.84 Å². The van der Waals surface area contributed by atoms with Gasteiger partial charge in [0.2, 0.25) is 0 Å². The van der Waals surface area contributed by atoms with Gasteiger partial charge in [0, 0.05) is 22.0 Å². The zero-order valence-corrected chi connectivity index (χ0v) is 17.8. The Bertz CT molecular complexity index is 1120. The lowest BCUT2D eigenvalue weighted by Crippen LogP contribution is -2.03. The summed E-state index contributed by atoms with van der Waals surface area (Å²) in [6, 6.07) is 24.8. The van der Waals surface area contributed by atoms with Gasteiger partial charge in [0.1, 0.15) is 5.75 Å². The molecule has 0 radical (unpaired) electrons. The molecule has 0 aliphatic rings. The first-order valence-corrected chi connectivity index (χ1v) is 10.7. The number of ether oxygens (including phenoxy) is 1. The quantitative estimate of drug-likeness (QED) is 0.391. The van der Waals surface area contributed by atoms with Crippen LogP contribution in [0.3, 0.4) is 0 Å². The summed E-state index contributed by atoms with van der Waals surface area (Å²) in [5, 5.41) is 20.7. The summed E-state index contributed by atoms with van der Waals surface area (Å²) in [7, 11) is 1.63. The number of aliphatic hydroxyl groups is 1. The third-order valence-corrected chi connectivity index (χ3v) is 5.86. The van der Waals surface area contributed by atoms with Crippen LogP contribution in [0.25, 0.3) is 17.1 Å². The number of thioether (sulfide) groups is 1. The fourth-order valence-electron chi connectivity index (χ4n) is 3.06. The summed E-state index contributed by atoms with van der Waals surface area (Å²) in [5.41, 5.74) is 2.64. The number of aliphatic hydroxyl groups excluding tert-OH is 1. The van der Waals surface area contributed by atoms with Crippen LogP contribution in [-0.2, 0) is 0 Å². The molecule has 0 saturated heterocycles. The van der Waals surface area contributed by atoms with Gasteiger partial charge in [-0.15, -0.1) is 10.2 Å². The molecule has 1 N–H and O–H groups in total. The van der Waals surface area contributed by atoms with E-state index in [0.29, 0.717) is 21.8 Å². The maximum atomic E-state index is 10.6. The molecule has 0 unspecified atom stereocenters. The smallest absolute Gasteiger partial charge is 0.196 e. The summed E-state index contributed by atoms with van der Waals surface area (Å²) in [6.07, 6.45) is -0.605. The van der Waals surface area contributed by atoms with E-state index >= 15 is 0 Å². The molecule has 30 heavy (non-hydrogen) atoms. The molecule has 0 bridgehead atoms. The second kappa shape index (κ2) is 9.34. The molecule has 1 aromatic heterocycles. The number of hydrogen-bond acceptors (Lipinski definition) is 5. The van der Waals surface area contributed by atoms with Crippen LogP contribution in [0.15, 0.2) is 84.0 Å². The molecule has 5 nitrogen and oxygen atoms in total. The predicted molar refractivity (Wildman–Crippen MR) is 120 cm³/mol. The Morgan fingerprint density at radius 2 is 1.77 bits per heavy atom. The van der Waals surface area contributed by atoms with Gasteiger partial charge in [-0.1, -0.05) is 65.8 Å². The largest absolute Gasteiger partial charge is 0.497 e. The van der Waals surface area contributed by atoms with Crippen LogP contribution < -0.4 is 4.74 Å². The van der Waals surface area contributed by atoms with E-state index in [1.807, 2.05) is 83.4 Å². The molecule has 1 atom stereocenters. The fourth-order valence-corrected chi connectivity index (χ4v) is 4.11. The molecular formula is C23H20ClN3O2S. The zero-order chi connectivity index (χ0) is 20.9. The van der Waals surface area contributed by atoms with E-state index < -0.39 is 6.10 Å². The highest BCUT2D eigenvalue weighted by molar-refractivity contribution is 7.99. The molecule has 0 amide bonds. The fraction of sp³-hybridized carbons (Fsp3) is 0.130. The number of hydrogen-bond donors (Lipinski definition) is 1. The van der Waals surface area contributed by atoms with E-state index in [9.17, 15) is 5.11 Å². The molecule has 7 heteroatoms. The van der Waals surface area contributed by atoms with Gasteiger partial charge in [0.25, 0.3) is 0 Å². The third kappa shape index (κ3) is 4.51. The molecule has 0 fully saturated rings. The van der Waals surface area contributed by atoms with Crippen molar-refractivity contribution < 1.29 is 9.84 Å². The van der Waals surface area contributed by atoms with Gasteiger partial charge in [-0.25, -0.2) is 0 Å². The van der Waals surface area contributed by atoms with Crippen LogP contribution in [-0.4, -0.2) is 32.7 Å². The van der Waals surface area contributed by atoms with E-state index in [1.54, 1.807) is 7.11 Å². The maximum absolute atomic E-state index is 10.6. The van der Waals surface area contributed by atoms with Gasteiger partial charge >= 0.3 is 0 Å². The minimum absolute atomic E-state index is 0.452. The van der Waals surface area contributed by atoms with Crippen molar-refractivity contribution in [2.75, 3.05) is 12.9 Å². The monoisotopic (exact) mass is 437 g/mol. The van der Waals surface area contributed by atoms with Crippen molar-refractivity contribution in [2.24, 2.45) is 0 Å². The highest BCUT2D eigenvalue weighted by Gasteiger charge is 2.18. The summed E-state index contributed by atoms with van der Waals surface area (Å²) in [5.74, 6) is 1.88. The average molecular weight is 438 g/mol. The van der Waals surface area contributed by atoms with Gasteiger partial charge in [-0.2, -0.15) is 0 Å². The Labute approximate surface area is 184 Å². The molecular weight excluding hydrogens is 418 g/mol. The molecule has 0 spiro atoms. The van der Waals surface area contributed by atoms with Gasteiger partial charge in [0.05, 0.1) is 13.2 Å². The van der Waals surface area contributed by atoms with E-state index in [2.05, 4.69) is 10.2 Å². The van der Waals surface area contributed by atoms with Crippen LogP contribution in [0, 0.1) is 0 Å². The Morgan fingerprint density at radius 3 is 2.50 bits per heavy atom. The second-order valence-electron chi connectivity index (χ2n) is 6.59.